The Hall–Kier alpha value is -1.68. The Morgan fingerprint density at radius 1 is 1.38 bits per heavy atom. The number of nitrogens with one attached hydrogen (secondary N) is 1. The largest absolute Gasteiger partial charge is 0.489 e. The molecular weight excluding hydrogens is 290 g/mol. The number of carbonyl (C=O) groups excluding carboxylic acids is 1. The van der Waals surface area contributed by atoms with Gasteiger partial charge >= 0.3 is 0 Å². The molecule has 1 aliphatic heterocycles. The summed E-state index contributed by atoms with van der Waals surface area (Å²) in [6.45, 7) is 3.99. The van der Waals surface area contributed by atoms with Crippen molar-refractivity contribution in [2.45, 2.75) is 26.2 Å². The number of benzene rings is 1. The molecule has 1 aromatic carbocycles. The second kappa shape index (κ2) is 7.93. The average Bonchev–Trinajstić information content (AvgIpc) is 2.71. The van der Waals surface area contributed by atoms with E-state index in [2.05, 4.69) is 12.2 Å². The van der Waals surface area contributed by atoms with Crippen LogP contribution in [0.4, 0.5) is 0 Å². The summed E-state index contributed by atoms with van der Waals surface area (Å²) < 4.78 is 11.2. The zero-order valence-corrected chi connectivity index (χ0v) is 12.9. The van der Waals surface area contributed by atoms with E-state index in [4.69, 9.17) is 21.1 Å². The van der Waals surface area contributed by atoms with E-state index in [1.165, 1.54) is 6.08 Å². The van der Waals surface area contributed by atoms with Crippen molar-refractivity contribution in [1.82, 2.24) is 5.32 Å². The molecule has 1 heterocycles. The first kappa shape index (κ1) is 15.7. The summed E-state index contributed by atoms with van der Waals surface area (Å²) in [5.74, 6) is 1.11. The normalized spacial score (nSPS) is 14.0. The SMILES string of the molecule is CCCCNC(=O)/C=C/c1cc(Cl)c2c(c1)OCCCO2. The van der Waals surface area contributed by atoms with E-state index in [9.17, 15) is 4.79 Å². The summed E-state index contributed by atoms with van der Waals surface area (Å²) in [5, 5.41) is 3.33. The maximum Gasteiger partial charge on any atom is 0.243 e. The van der Waals surface area contributed by atoms with Gasteiger partial charge in [-0.3, -0.25) is 4.79 Å². The molecule has 0 radical (unpaired) electrons. The molecule has 0 unspecified atom stereocenters. The lowest BCUT2D eigenvalue weighted by atomic mass is 10.2. The maximum absolute atomic E-state index is 11.6. The predicted molar refractivity (Wildman–Crippen MR) is 84.0 cm³/mol. The average molecular weight is 310 g/mol. The van der Waals surface area contributed by atoms with Crippen molar-refractivity contribution in [2.75, 3.05) is 19.8 Å². The first-order valence-electron chi connectivity index (χ1n) is 7.25. The third-order valence-electron chi connectivity index (χ3n) is 3.08. The lowest BCUT2D eigenvalue weighted by molar-refractivity contribution is -0.116. The summed E-state index contributed by atoms with van der Waals surface area (Å²) in [7, 11) is 0. The standard InChI is InChI=1S/C16H20ClNO3/c1-2-3-7-18-15(19)6-5-12-10-13(17)16-14(11-12)20-8-4-9-21-16/h5-6,10-11H,2-4,7-9H2,1H3,(H,18,19)/b6-5+. The van der Waals surface area contributed by atoms with Gasteiger partial charge in [0, 0.05) is 19.0 Å². The first-order chi connectivity index (χ1) is 10.2. The molecule has 0 atom stereocenters. The number of amides is 1. The molecule has 0 fully saturated rings. The molecule has 2 rings (SSSR count). The molecule has 0 saturated heterocycles. The molecule has 0 aromatic heterocycles. The highest BCUT2D eigenvalue weighted by atomic mass is 35.5. The number of hydrogen-bond donors (Lipinski definition) is 1. The lowest BCUT2D eigenvalue weighted by Gasteiger charge is -2.09. The molecule has 0 aliphatic carbocycles. The fourth-order valence-corrected chi connectivity index (χ4v) is 2.24. The Morgan fingerprint density at radius 3 is 3.00 bits per heavy atom. The minimum atomic E-state index is -0.105. The fourth-order valence-electron chi connectivity index (χ4n) is 1.97. The van der Waals surface area contributed by atoms with Gasteiger partial charge in [-0.15, -0.1) is 0 Å². The van der Waals surface area contributed by atoms with Gasteiger partial charge in [0.1, 0.15) is 0 Å². The van der Waals surface area contributed by atoms with Gasteiger partial charge in [0.15, 0.2) is 11.5 Å². The quantitative estimate of drug-likeness (QED) is 0.669. The molecule has 1 aromatic rings. The van der Waals surface area contributed by atoms with Crippen molar-refractivity contribution in [1.29, 1.82) is 0 Å². The minimum absolute atomic E-state index is 0.105. The van der Waals surface area contributed by atoms with Gasteiger partial charge in [-0.05, 0) is 30.2 Å². The second-order valence-electron chi connectivity index (χ2n) is 4.86. The fraction of sp³-hybridized carbons (Fsp3) is 0.438. The molecular formula is C16H20ClNO3. The van der Waals surface area contributed by atoms with Crippen molar-refractivity contribution in [2.24, 2.45) is 0 Å². The number of hydrogen-bond acceptors (Lipinski definition) is 3. The van der Waals surface area contributed by atoms with Crippen LogP contribution in [0.25, 0.3) is 6.08 Å². The summed E-state index contributed by atoms with van der Waals surface area (Å²) in [4.78, 5) is 11.6. The monoisotopic (exact) mass is 309 g/mol. The van der Waals surface area contributed by atoms with Crippen LogP contribution in [0.15, 0.2) is 18.2 Å². The smallest absolute Gasteiger partial charge is 0.243 e. The van der Waals surface area contributed by atoms with E-state index >= 15 is 0 Å². The van der Waals surface area contributed by atoms with Crippen molar-refractivity contribution < 1.29 is 14.3 Å². The molecule has 0 saturated carbocycles. The predicted octanol–water partition coefficient (Wildman–Crippen LogP) is 3.43. The van der Waals surface area contributed by atoms with Gasteiger partial charge in [-0.2, -0.15) is 0 Å². The molecule has 1 aliphatic rings. The molecule has 4 nitrogen and oxygen atoms in total. The Labute approximate surface area is 130 Å². The van der Waals surface area contributed by atoms with Crippen LogP contribution in [0.3, 0.4) is 0 Å². The van der Waals surface area contributed by atoms with Crippen LogP contribution in [0.5, 0.6) is 11.5 Å². The minimum Gasteiger partial charge on any atom is -0.489 e. The van der Waals surface area contributed by atoms with E-state index in [1.54, 1.807) is 12.1 Å². The van der Waals surface area contributed by atoms with E-state index < -0.39 is 0 Å². The zero-order valence-electron chi connectivity index (χ0n) is 12.2. The van der Waals surface area contributed by atoms with Gasteiger partial charge in [0.05, 0.1) is 18.2 Å². The van der Waals surface area contributed by atoms with E-state index in [0.29, 0.717) is 36.3 Å². The van der Waals surface area contributed by atoms with Crippen LogP contribution in [0.1, 0.15) is 31.7 Å². The van der Waals surface area contributed by atoms with Crippen molar-refractivity contribution in [3.8, 4) is 11.5 Å². The molecule has 0 spiro atoms. The summed E-state index contributed by atoms with van der Waals surface area (Å²) in [6, 6.07) is 3.60. The number of carbonyl (C=O) groups is 1. The van der Waals surface area contributed by atoms with E-state index in [1.807, 2.05) is 6.07 Å². The highest BCUT2D eigenvalue weighted by molar-refractivity contribution is 6.32. The van der Waals surface area contributed by atoms with Crippen LogP contribution >= 0.6 is 11.6 Å². The Kier molecular flexibility index (Phi) is 5.93. The van der Waals surface area contributed by atoms with Crippen molar-refractivity contribution in [3.05, 3.63) is 28.8 Å². The molecule has 1 N–H and O–H groups in total. The van der Waals surface area contributed by atoms with Crippen LogP contribution in [-0.4, -0.2) is 25.7 Å². The van der Waals surface area contributed by atoms with Crippen LogP contribution in [-0.2, 0) is 4.79 Å². The second-order valence-corrected chi connectivity index (χ2v) is 5.27. The summed E-state index contributed by atoms with van der Waals surface area (Å²) in [6.07, 6.45) is 6.10. The van der Waals surface area contributed by atoms with Gasteiger partial charge < -0.3 is 14.8 Å². The van der Waals surface area contributed by atoms with Gasteiger partial charge in [0.2, 0.25) is 5.91 Å². The highest BCUT2D eigenvalue weighted by Crippen LogP contribution is 2.38. The van der Waals surface area contributed by atoms with E-state index in [0.717, 1.165) is 24.8 Å². The Bertz CT molecular complexity index is 528. The number of halogens is 1. The lowest BCUT2D eigenvalue weighted by Crippen LogP contribution is -2.21. The van der Waals surface area contributed by atoms with Gasteiger partial charge in [-0.25, -0.2) is 0 Å². The Balaban J connectivity index is 2.05. The topological polar surface area (TPSA) is 47.6 Å². The van der Waals surface area contributed by atoms with E-state index in [-0.39, 0.29) is 5.91 Å². The molecule has 5 heteroatoms. The third kappa shape index (κ3) is 4.67. The van der Waals surface area contributed by atoms with Crippen molar-refractivity contribution >= 4 is 23.6 Å². The number of fused-ring (bicyclic) bond motifs is 1. The maximum atomic E-state index is 11.6. The van der Waals surface area contributed by atoms with Crippen LogP contribution < -0.4 is 14.8 Å². The number of rotatable bonds is 5. The number of ether oxygens (including phenoxy) is 2. The van der Waals surface area contributed by atoms with Gasteiger partial charge in [-0.1, -0.05) is 24.9 Å². The zero-order chi connectivity index (χ0) is 15.1. The first-order valence-corrected chi connectivity index (χ1v) is 7.63. The molecule has 0 bridgehead atoms. The molecule has 1 amide bonds. The summed E-state index contributed by atoms with van der Waals surface area (Å²) in [5.41, 5.74) is 0.815. The molecule has 21 heavy (non-hydrogen) atoms. The number of unbranched alkanes of at least 4 members (excludes halogenated alkanes) is 1. The van der Waals surface area contributed by atoms with Crippen LogP contribution in [0.2, 0.25) is 5.02 Å². The van der Waals surface area contributed by atoms with Crippen LogP contribution in [0, 0.1) is 0 Å². The Morgan fingerprint density at radius 2 is 2.19 bits per heavy atom. The summed E-state index contributed by atoms with van der Waals surface area (Å²) >= 11 is 6.20. The van der Waals surface area contributed by atoms with Gasteiger partial charge in [0.25, 0.3) is 0 Å². The molecule has 114 valence electrons. The van der Waals surface area contributed by atoms with Crippen molar-refractivity contribution in [3.63, 3.8) is 0 Å². The third-order valence-corrected chi connectivity index (χ3v) is 3.36. The highest BCUT2D eigenvalue weighted by Gasteiger charge is 2.14.